The summed E-state index contributed by atoms with van der Waals surface area (Å²) in [6.07, 6.45) is 0. The Morgan fingerprint density at radius 3 is 1.72 bits per heavy atom. The van der Waals surface area contributed by atoms with E-state index in [9.17, 15) is 0 Å². The van der Waals surface area contributed by atoms with Crippen molar-refractivity contribution in [2.75, 3.05) is 0 Å². The van der Waals surface area contributed by atoms with Gasteiger partial charge in [0.25, 0.3) is 0 Å². The van der Waals surface area contributed by atoms with Crippen LogP contribution in [-0.2, 0) is 0 Å². The molecule has 0 spiro atoms. The molecule has 0 saturated carbocycles. The number of hydrogen-bond donors (Lipinski definition) is 0. The normalized spacial score (nSPS) is 12.0. The van der Waals surface area contributed by atoms with Crippen LogP contribution in [0.15, 0.2) is 84.9 Å². The Kier molecular flexibility index (Phi) is 2.58. The molecule has 0 fully saturated rings. The first kappa shape index (κ1) is 13.4. The summed E-state index contributed by atoms with van der Waals surface area (Å²) in [5.74, 6) is 0. The molecule has 25 heavy (non-hydrogen) atoms. The summed E-state index contributed by atoms with van der Waals surface area (Å²) in [7, 11) is 0. The third-order valence-electron chi connectivity index (χ3n) is 5.16. The topological polar surface area (TPSA) is 0 Å². The van der Waals surface area contributed by atoms with E-state index in [0.717, 1.165) is 0 Å². The van der Waals surface area contributed by atoms with Gasteiger partial charge >= 0.3 is 0 Å². The second kappa shape index (κ2) is 4.81. The third-order valence-corrected chi connectivity index (χ3v) is 6.29. The number of thiophene rings is 1. The Balaban J connectivity index is 1.76. The summed E-state index contributed by atoms with van der Waals surface area (Å²) in [6.45, 7) is 0. The lowest BCUT2D eigenvalue weighted by atomic mass is 9.99. The number of hydrogen-bond acceptors (Lipinski definition) is 1. The molecule has 0 saturated heterocycles. The fraction of sp³-hybridized carbons (Fsp3) is 0. The molecule has 5 aromatic carbocycles. The Morgan fingerprint density at radius 1 is 0.400 bits per heavy atom. The van der Waals surface area contributed by atoms with Crippen LogP contribution in [0.4, 0.5) is 0 Å². The summed E-state index contributed by atoms with van der Waals surface area (Å²) in [5.41, 5.74) is 0. The van der Waals surface area contributed by atoms with Gasteiger partial charge < -0.3 is 0 Å². The molecule has 116 valence electrons. The van der Waals surface area contributed by atoms with Gasteiger partial charge in [-0.25, -0.2) is 0 Å². The van der Waals surface area contributed by atoms with Crippen molar-refractivity contribution in [3.63, 3.8) is 0 Å². The monoisotopic (exact) mass is 334 g/mol. The molecule has 6 aromatic rings. The largest absolute Gasteiger partial charge is 0.135 e. The molecule has 0 radical (unpaired) electrons. The van der Waals surface area contributed by atoms with Gasteiger partial charge in [0.2, 0.25) is 0 Å². The molecule has 0 nitrogen and oxygen atoms in total. The van der Waals surface area contributed by atoms with Crippen LogP contribution in [0.25, 0.3) is 52.5 Å². The smallest absolute Gasteiger partial charge is 0.0361 e. The molecule has 0 aliphatic carbocycles. The SMILES string of the molecule is c1ccc2cc3cc4cc5c(cc4cc3cc2c1)sc1ccccc15. The standard InChI is InChI=1S/C24H14S/c1-2-6-16-10-18-12-20-14-24-22(21-7-3-4-8-23(21)25-24)13-19(20)11-17(18)9-15(16)5-1/h1-14H. The van der Waals surface area contributed by atoms with E-state index in [4.69, 9.17) is 0 Å². The number of rotatable bonds is 0. The minimum absolute atomic E-state index is 1.30. The van der Waals surface area contributed by atoms with Crippen LogP contribution in [0.3, 0.4) is 0 Å². The highest BCUT2D eigenvalue weighted by Crippen LogP contribution is 2.37. The Bertz CT molecular complexity index is 1430. The molecule has 0 atom stereocenters. The molecule has 0 N–H and O–H groups in total. The molecular weight excluding hydrogens is 320 g/mol. The van der Waals surface area contributed by atoms with Crippen molar-refractivity contribution in [3.05, 3.63) is 84.9 Å². The van der Waals surface area contributed by atoms with Gasteiger partial charge in [0, 0.05) is 20.2 Å². The average Bonchev–Trinajstić information content (AvgIpc) is 3.00. The molecular formula is C24H14S. The van der Waals surface area contributed by atoms with Crippen LogP contribution < -0.4 is 0 Å². The van der Waals surface area contributed by atoms with E-state index in [1.165, 1.54) is 52.5 Å². The van der Waals surface area contributed by atoms with E-state index in [0.29, 0.717) is 0 Å². The van der Waals surface area contributed by atoms with Crippen LogP contribution in [0.1, 0.15) is 0 Å². The molecule has 0 bridgehead atoms. The van der Waals surface area contributed by atoms with Gasteiger partial charge in [-0.15, -0.1) is 11.3 Å². The molecule has 0 aliphatic rings. The lowest BCUT2D eigenvalue weighted by Gasteiger charge is -2.06. The Hall–Kier alpha value is -2.90. The molecule has 6 rings (SSSR count). The van der Waals surface area contributed by atoms with E-state index in [2.05, 4.69) is 84.9 Å². The molecule has 0 aliphatic heterocycles. The van der Waals surface area contributed by atoms with Crippen molar-refractivity contribution in [2.24, 2.45) is 0 Å². The van der Waals surface area contributed by atoms with Gasteiger partial charge in [-0.2, -0.15) is 0 Å². The summed E-state index contributed by atoms with van der Waals surface area (Å²) in [4.78, 5) is 0. The van der Waals surface area contributed by atoms with Gasteiger partial charge in [0.1, 0.15) is 0 Å². The van der Waals surface area contributed by atoms with Gasteiger partial charge in [0.05, 0.1) is 0 Å². The lowest BCUT2D eigenvalue weighted by Crippen LogP contribution is -1.79. The first-order valence-corrected chi connectivity index (χ1v) is 9.34. The van der Waals surface area contributed by atoms with Gasteiger partial charge in [-0.3, -0.25) is 0 Å². The van der Waals surface area contributed by atoms with Crippen molar-refractivity contribution in [2.45, 2.75) is 0 Å². The van der Waals surface area contributed by atoms with E-state index >= 15 is 0 Å². The Labute approximate surface area is 148 Å². The fourth-order valence-electron chi connectivity index (χ4n) is 3.91. The second-order valence-corrected chi connectivity index (χ2v) is 7.78. The zero-order valence-corrected chi connectivity index (χ0v) is 14.3. The third kappa shape index (κ3) is 1.93. The predicted molar refractivity (Wildman–Crippen MR) is 112 cm³/mol. The van der Waals surface area contributed by atoms with E-state index in [-0.39, 0.29) is 0 Å². The zero-order valence-electron chi connectivity index (χ0n) is 13.5. The van der Waals surface area contributed by atoms with E-state index in [1.54, 1.807) is 0 Å². The first-order chi connectivity index (χ1) is 12.3. The highest BCUT2D eigenvalue weighted by molar-refractivity contribution is 7.25. The van der Waals surface area contributed by atoms with Crippen molar-refractivity contribution in [1.29, 1.82) is 0 Å². The minimum atomic E-state index is 1.30. The van der Waals surface area contributed by atoms with Crippen molar-refractivity contribution >= 4 is 63.8 Å². The van der Waals surface area contributed by atoms with Gasteiger partial charge in [-0.1, -0.05) is 42.5 Å². The van der Waals surface area contributed by atoms with Crippen LogP contribution in [0, 0.1) is 0 Å². The van der Waals surface area contributed by atoms with Crippen molar-refractivity contribution in [1.82, 2.24) is 0 Å². The molecule has 0 unspecified atom stereocenters. The predicted octanol–water partition coefficient (Wildman–Crippen LogP) is 7.51. The van der Waals surface area contributed by atoms with E-state index < -0.39 is 0 Å². The molecule has 1 aromatic heterocycles. The molecule has 0 amide bonds. The van der Waals surface area contributed by atoms with Crippen LogP contribution in [0.5, 0.6) is 0 Å². The second-order valence-electron chi connectivity index (χ2n) is 6.69. The van der Waals surface area contributed by atoms with Crippen LogP contribution in [-0.4, -0.2) is 0 Å². The maximum Gasteiger partial charge on any atom is 0.0361 e. The summed E-state index contributed by atoms with van der Waals surface area (Å²) >= 11 is 1.88. The zero-order chi connectivity index (χ0) is 16.4. The highest BCUT2D eigenvalue weighted by Gasteiger charge is 2.07. The quantitative estimate of drug-likeness (QED) is 0.252. The van der Waals surface area contributed by atoms with Gasteiger partial charge in [-0.05, 0) is 74.8 Å². The first-order valence-electron chi connectivity index (χ1n) is 8.53. The van der Waals surface area contributed by atoms with E-state index in [1.807, 2.05) is 11.3 Å². The lowest BCUT2D eigenvalue weighted by molar-refractivity contribution is 1.79. The maximum atomic E-state index is 2.36. The highest BCUT2D eigenvalue weighted by atomic mass is 32.1. The maximum absolute atomic E-state index is 2.36. The Morgan fingerprint density at radius 2 is 0.960 bits per heavy atom. The summed E-state index contributed by atoms with van der Waals surface area (Å²) < 4.78 is 2.73. The van der Waals surface area contributed by atoms with Crippen LogP contribution in [0.2, 0.25) is 0 Å². The number of fused-ring (bicyclic) bond motifs is 6. The van der Waals surface area contributed by atoms with Crippen molar-refractivity contribution < 1.29 is 0 Å². The average molecular weight is 334 g/mol. The van der Waals surface area contributed by atoms with Crippen molar-refractivity contribution in [3.8, 4) is 0 Å². The molecule has 1 heteroatoms. The fourth-order valence-corrected chi connectivity index (χ4v) is 5.05. The minimum Gasteiger partial charge on any atom is -0.135 e. The summed E-state index contributed by atoms with van der Waals surface area (Å²) in [5, 5.41) is 10.6. The number of benzene rings is 5. The summed E-state index contributed by atoms with van der Waals surface area (Å²) in [6, 6.07) is 31.3. The van der Waals surface area contributed by atoms with Crippen LogP contribution >= 0.6 is 11.3 Å². The van der Waals surface area contributed by atoms with Gasteiger partial charge in [0.15, 0.2) is 0 Å². The molecule has 1 heterocycles.